The summed E-state index contributed by atoms with van der Waals surface area (Å²) in [5.74, 6) is -0.444. The molecule has 0 spiro atoms. The normalized spacial score (nSPS) is 21.2. The minimum atomic E-state index is -3.60. The number of hydrogen-bond acceptors (Lipinski definition) is 5. The quantitative estimate of drug-likeness (QED) is 0.753. The molecule has 0 aromatic heterocycles. The van der Waals surface area contributed by atoms with Gasteiger partial charge < -0.3 is 10.1 Å². The third-order valence-electron chi connectivity index (χ3n) is 4.41. The zero-order valence-electron chi connectivity index (χ0n) is 17.2. The maximum absolute atomic E-state index is 12.9. The van der Waals surface area contributed by atoms with Crippen molar-refractivity contribution in [3.63, 3.8) is 0 Å². The van der Waals surface area contributed by atoms with Crippen molar-refractivity contribution in [3.8, 4) is 0 Å². The zero-order chi connectivity index (χ0) is 21.1. The Morgan fingerprint density at radius 3 is 2.14 bits per heavy atom. The molecule has 1 N–H and O–H groups in total. The molecule has 0 radical (unpaired) electrons. The van der Waals surface area contributed by atoms with Gasteiger partial charge in [-0.15, -0.1) is 0 Å². The third kappa shape index (κ3) is 6.04. The Bertz CT molecular complexity index is 802. The standard InChI is InChI=1S/C20H30N2O5S/c1-14-10-15(2)12-22(11-14)28(25,26)17-8-6-16(7-9-17)19(24)27-13-18(23)21-20(3,4)5/h6-9,14-15H,10-13H2,1-5H3,(H,21,23)/t14-,15-/m1/s1. The molecule has 8 heteroatoms. The predicted octanol–water partition coefficient (Wildman–Crippen LogP) is 2.42. The van der Waals surface area contributed by atoms with Gasteiger partial charge in [0.25, 0.3) is 5.91 Å². The summed E-state index contributed by atoms with van der Waals surface area (Å²) in [6.45, 7) is 10.2. The van der Waals surface area contributed by atoms with Crippen LogP contribution in [0.2, 0.25) is 0 Å². The van der Waals surface area contributed by atoms with E-state index in [1.807, 2.05) is 34.6 Å². The van der Waals surface area contributed by atoms with Gasteiger partial charge in [-0.25, -0.2) is 13.2 Å². The van der Waals surface area contributed by atoms with Gasteiger partial charge in [0, 0.05) is 18.6 Å². The Hall–Kier alpha value is -1.93. The number of carbonyl (C=O) groups excluding carboxylic acids is 2. The number of carbonyl (C=O) groups is 2. The second kappa shape index (κ2) is 8.61. The number of nitrogens with one attached hydrogen (secondary N) is 1. The van der Waals surface area contributed by atoms with Crippen LogP contribution in [0, 0.1) is 11.8 Å². The Balaban J connectivity index is 2.02. The van der Waals surface area contributed by atoms with E-state index < -0.39 is 27.4 Å². The lowest BCUT2D eigenvalue weighted by molar-refractivity contribution is -0.125. The van der Waals surface area contributed by atoms with E-state index in [0.717, 1.165) is 6.42 Å². The van der Waals surface area contributed by atoms with E-state index in [0.29, 0.717) is 24.9 Å². The summed E-state index contributed by atoms with van der Waals surface area (Å²) >= 11 is 0. The lowest BCUT2D eigenvalue weighted by Gasteiger charge is -2.34. The molecule has 28 heavy (non-hydrogen) atoms. The fourth-order valence-corrected chi connectivity index (χ4v) is 5.06. The molecule has 0 aliphatic carbocycles. The van der Waals surface area contributed by atoms with E-state index >= 15 is 0 Å². The monoisotopic (exact) mass is 410 g/mol. The maximum Gasteiger partial charge on any atom is 0.338 e. The molecule has 1 saturated heterocycles. The van der Waals surface area contributed by atoms with Gasteiger partial charge in [-0.1, -0.05) is 13.8 Å². The van der Waals surface area contributed by atoms with Crippen molar-refractivity contribution in [2.24, 2.45) is 11.8 Å². The predicted molar refractivity (Wildman–Crippen MR) is 106 cm³/mol. The second-order valence-corrected chi connectivity index (χ2v) is 10.6. The van der Waals surface area contributed by atoms with Gasteiger partial charge in [-0.05, 0) is 63.3 Å². The van der Waals surface area contributed by atoms with Crippen LogP contribution < -0.4 is 5.32 Å². The first-order valence-corrected chi connectivity index (χ1v) is 10.9. The number of nitrogens with zero attached hydrogens (tertiary/aromatic N) is 1. The van der Waals surface area contributed by atoms with Crippen molar-refractivity contribution in [1.82, 2.24) is 9.62 Å². The minimum absolute atomic E-state index is 0.149. The van der Waals surface area contributed by atoms with Gasteiger partial charge in [0.1, 0.15) is 0 Å². The molecule has 0 bridgehead atoms. The summed E-state index contributed by atoms with van der Waals surface area (Å²) in [5, 5.41) is 2.70. The van der Waals surface area contributed by atoms with Crippen LogP contribution in [0.4, 0.5) is 0 Å². The lowest BCUT2D eigenvalue weighted by Crippen LogP contribution is -2.42. The highest BCUT2D eigenvalue weighted by Gasteiger charge is 2.31. The van der Waals surface area contributed by atoms with E-state index in [2.05, 4.69) is 5.32 Å². The number of hydrogen-bond donors (Lipinski definition) is 1. The van der Waals surface area contributed by atoms with Crippen LogP contribution in [-0.2, 0) is 19.6 Å². The average Bonchev–Trinajstić information content (AvgIpc) is 2.57. The van der Waals surface area contributed by atoms with Gasteiger partial charge >= 0.3 is 5.97 Å². The second-order valence-electron chi connectivity index (χ2n) is 8.67. The van der Waals surface area contributed by atoms with Crippen molar-refractivity contribution in [1.29, 1.82) is 0 Å². The Morgan fingerprint density at radius 2 is 1.64 bits per heavy atom. The summed E-state index contributed by atoms with van der Waals surface area (Å²) in [6.07, 6.45) is 1.01. The molecule has 2 atom stereocenters. The lowest BCUT2D eigenvalue weighted by atomic mass is 9.94. The molecule has 1 heterocycles. The SMILES string of the molecule is C[C@@H]1C[C@@H](C)CN(S(=O)(=O)c2ccc(C(=O)OCC(=O)NC(C)(C)C)cc2)C1. The van der Waals surface area contributed by atoms with Crippen LogP contribution in [0.25, 0.3) is 0 Å². The number of ether oxygens (including phenoxy) is 1. The average molecular weight is 411 g/mol. The number of piperidine rings is 1. The minimum Gasteiger partial charge on any atom is -0.452 e. The summed E-state index contributed by atoms with van der Waals surface area (Å²) in [5.41, 5.74) is -0.217. The molecule has 2 rings (SSSR count). The molecule has 0 saturated carbocycles. The highest BCUT2D eigenvalue weighted by molar-refractivity contribution is 7.89. The third-order valence-corrected chi connectivity index (χ3v) is 6.26. The zero-order valence-corrected chi connectivity index (χ0v) is 18.0. The highest BCUT2D eigenvalue weighted by atomic mass is 32.2. The van der Waals surface area contributed by atoms with E-state index in [4.69, 9.17) is 4.74 Å². The van der Waals surface area contributed by atoms with E-state index in [9.17, 15) is 18.0 Å². The molecule has 1 amide bonds. The maximum atomic E-state index is 12.9. The van der Waals surface area contributed by atoms with Crippen LogP contribution in [0.15, 0.2) is 29.2 Å². The number of esters is 1. The van der Waals surface area contributed by atoms with Crippen LogP contribution in [-0.4, -0.2) is 49.8 Å². The van der Waals surface area contributed by atoms with Crippen LogP contribution >= 0.6 is 0 Å². The molecular formula is C20H30N2O5S. The van der Waals surface area contributed by atoms with Gasteiger partial charge in [-0.2, -0.15) is 4.31 Å². The number of sulfonamides is 1. The van der Waals surface area contributed by atoms with E-state index in [-0.39, 0.29) is 17.1 Å². The molecule has 1 fully saturated rings. The Labute approximate surface area is 167 Å². The van der Waals surface area contributed by atoms with Gasteiger partial charge in [0.15, 0.2) is 6.61 Å². The largest absolute Gasteiger partial charge is 0.452 e. The Kier molecular flexibility index (Phi) is 6.88. The van der Waals surface area contributed by atoms with Crippen molar-refractivity contribution in [3.05, 3.63) is 29.8 Å². The summed E-state index contributed by atoms with van der Waals surface area (Å²) < 4.78 is 32.2. The highest BCUT2D eigenvalue weighted by Crippen LogP contribution is 2.26. The molecule has 1 aliphatic heterocycles. The molecule has 0 unspecified atom stereocenters. The molecule has 1 aromatic carbocycles. The summed E-state index contributed by atoms with van der Waals surface area (Å²) in [6, 6.07) is 5.64. The number of amides is 1. The molecular weight excluding hydrogens is 380 g/mol. The van der Waals surface area contributed by atoms with Gasteiger partial charge in [-0.3, -0.25) is 4.79 Å². The number of rotatable bonds is 5. The first kappa shape index (κ1) is 22.4. The topological polar surface area (TPSA) is 92.8 Å². The van der Waals surface area contributed by atoms with E-state index in [1.54, 1.807) is 0 Å². The van der Waals surface area contributed by atoms with Crippen molar-refractivity contribution in [2.75, 3.05) is 19.7 Å². The number of benzene rings is 1. The Morgan fingerprint density at radius 1 is 1.11 bits per heavy atom. The smallest absolute Gasteiger partial charge is 0.338 e. The van der Waals surface area contributed by atoms with Gasteiger partial charge in [0.05, 0.1) is 10.5 Å². The summed E-state index contributed by atoms with van der Waals surface area (Å²) in [7, 11) is -3.60. The molecule has 1 aromatic rings. The van der Waals surface area contributed by atoms with Crippen LogP contribution in [0.5, 0.6) is 0 Å². The fraction of sp³-hybridized carbons (Fsp3) is 0.600. The van der Waals surface area contributed by atoms with Crippen molar-refractivity contribution >= 4 is 21.9 Å². The molecule has 7 nitrogen and oxygen atoms in total. The molecule has 156 valence electrons. The first-order valence-electron chi connectivity index (χ1n) is 9.47. The van der Waals surface area contributed by atoms with Crippen molar-refractivity contribution < 1.29 is 22.7 Å². The van der Waals surface area contributed by atoms with Crippen molar-refractivity contribution in [2.45, 2.75) is 51.5 Å². The molecule has 1 aliphatic rings. The van der Waals surface area contributed by atoms with E-state index in [1.165, 1.54) is 28.6 Å². The summed E-state index contributed by atoms with van der Waals surface area (Å²) in [4.78, 5) is 24.0. The van der Waals surface area contributed by atoms with Crippen LogP contribution in [0.1, 0.15) is 51.4 Å². The fourth-order valence-electron chi connectivity index (χ4n) is 3.38. The van der Waals surface area contributed by atoms with Crippen LogP contribution in [0.3, 0.4) is 0 Å². The first-order chi connectivity index (χ1) is 12.9. The van der Waals surface area contributed by atoms with Gasteiger partial charge in [0.2, 0.25) is 10.0 Å².